The van der Waals surface area contributed by atoms with Gasteiger partial charge in [0.2, 0.25) is 5.91 Å². The normalized spacial score (nSPS) is 11.1. The monoisotopic (exact) mass is 335 g/mol. The first-order valence-corrected chi connectivity index (χ1v) is 7.56. The van der Waals surface area contributed by atoms with Crippen LogP contribution in [0.4, 0.5) is 4.79 Å². The van der Waals surface area contributed by atoms with E-state index in [0.29, 0.717) is 39.6 Å². The number of hydrogen-bond donors (Lipinski definition) is 3. The number of ether oxygens (including phenoxy) is 4. The molecule has 0 aliphatic carbocycles. The second-order valence-electron chi connectivity index (χ2n) is 5.55. The Balaban J connectivity index is 3.39. The summed E-state index contributed by atoms with van der Waals surface area (Å²) in [6.45, 7) is 8.21. The van der Waals surface area contributed by atoms with Crippen molar-refractivity contribution in [2.24, 2.45) is 5.73 Å². The van der Waals surface area contributed by atoms with Crippen LogP contribution in [0.15, 0.2) is 0 Å². The summed E-state index contributed by atoms with van der Waals surface area (Å²) in [6.07, 6.45) is -0.591. The number of hydrazine groups is 1. The molecular formula is C14H29N3O6. The third-order valence-electron chi connectivity index (χ3n) is 2.18. The Morgan fingerprint density at radius 3 is 1.91 bits per heavy atom. The minimum atomic E-state index is -0.711. The first kappa shape index (κ1) is 21.6. The van der Waals surface area contributed by atoms with Crippen molar-refractivity contribution >= 4 is 12.0 Å². The molecule has 136 valence electrons. The summed E-state index contributed by atoms with van der Waals surface area (Å²) in [7, 11) is 0. The third kappa shape index (κ3) is 16.8. The molecule has 0 bridgehead atoms. The van der Waals surface area contributed by atoms with Gasteiger partial charge in [-0.25, -0.2) is 10.2 Å². The van der Waals surface area contributed by atoms with Gasteiger partial charge in [-0.3, -0.25) is 10.2 Å². The molecule has 2 amide bonds. The minimum absolute atomic E-state index is 0.120. The maximum Gasteiger partial charge on any atom is 0.426 e. The van der Waals surface area contributed by atoms with Crippen molar-refractivity contribution in [3.8, 4) is 0 Å². The maximum absolute atomic E-state index is 11.4. The van der Waals surface area contributed by atoms with Gasteiger partial charge < -0.3 is 24.7 Å². The molecule has 0 aliphatic rings. The molecule has 9 nitrogen and oxygen atoms in total. The Bertz CT molecular complexity index is 333. The van der Waals surface area contributed by atoms with E-state index in [1.54, 1.807) is 20.8 Å². The first-order valence-electron chi connectivity index (χ1n) is 7.56. The molecule has 0 aromatic carbocycles. The Kier molecular flexibility index (Phi) is 12.3. The van der Waals surface area contributed by atoms with Gasteiger partial charge in [-0.2, -0.15) is 0 Å². The summed E-state index contributed by atoms with van der Waals surface area (Å²) in [5, 5.41) is 0. The Hall–Kier alpha value is -1.42. The fraction of sp³-hybridized carbons (Fsp3) is 0.857. The highest BCUT2D eigenvalue weighted by molar-refractivity contribution is 5.79. The molecule has 0 atom stereocenters. The minimum Gasteiger partial charge on any atom is -0.443 e. The molecule has 0 fully saturated rings. The van der Waals surface area contributed by atoms with Gasteiger partial charge in [0.25, 0.3) is 0 Å². The second-order valence-corrected chi connectivity index (χ2v) is 5.55. The predicted octanol–water partition coefficient (Wildman–Crippen LogP) is -0.0591. The Morgan fingerprint density at radius 2 is 1.39 bits per heavy atom. The van der Waals surface area contributed by atoms with Gasteiger partial charge in [-0.1, -0.05) is 0 Å². The molecule has 9 heteroatoms. The van der Waals surface area contributed by atoms with Crippen molar-refractivity contribution < 1.29 is 28.5 Å². The number of carbonyl (C=O) groups is 2. The fourth-order valence-electron chi connectivity index (χ4n) is 1.28. The van der Waals surface area contributed by atoms with Crippen molar-refractivity contribution in [1.82, 2.24) is 10.9 Å². The number of carbonyl (C=O) groups excluding carboxylic acids is 2. The standard InChI is InChI=1S/C14H29N3O6/c1-14(2,3)23-13(19)17-16-12(18)4-6-20-8-10-22-11-9-21-7-5-15/h4-11,15H2,1-3H3,(H,16,18)(H,17,19). The Morgan fingerprint density at radius 1 is 0.870 bits per heavy atom. The van der Waals surface area contributed by atoms with Crippen LogP contribution in [0.5, 0.6) is 0 Å². The van der Waals surface area contributed by atoms with E-state index < -0.39 is 11.7 Å². The smallest absolute Gasteiger partial charge is 0.426 e. The number of nitrogens with one attached hydrogen (secondary N) is 2. The summed E-state index contributed by atoms with van der Waals surface area (Å²) in [5.41, 5.74) is 9.04. The molecule has 0 saturated carbocycles. The van der Waals surface area contributed by atoms with Crippen LogP contribution in [0.2, 0.25) is 0 Å². The largest absolute Gasteiger partial charge is 0.443 e. The van der Waals surface area contributed by atoms with Crippen molar-refractivity contribution in [2.45, 2.75) is 32.8 Å². The van der Waals surface area contributed by atoms with E-state index in [-0.39, 0.29) is 18.9 Å². The number of nitrogens with two attached hydrogens (primary N) is 1. The summed E-state index contributed by atoms with van der Waals surface area (Å²) < 4.78 is 20.6. The van der Waals surface area contributed by atoms with Gasteiger partial charge >= 0.3 is 6.09 Å². The van der Waals surface area contributed by atoms with Crippen LogP contribution in [-0.4, -0.2) is 63.8 Å². The van der Waals surface area contributed by atoms with E-state index in [9.17, 15) is 9.59 Å². The summed E-state index contributed by atoms with van der Waals surface area (Å²) >= 11 is 0. The summed E-state index contributed by atoms with van der Waals surface area (Å²) in [4.78, 5) is 22.7. The summed E-state index contributed by atoms with van der Waals surface area (Å²) in [5.74, 6) is -0.369. The average molecular weight is 335 g/mol. The van der Waals surface area contributed by atoms with Gasteiger partial charge in [0.1, 0.15) is 5.60 Å². The Labute approximate surface area is 137 Å². The van der Waals surface area contributed by atoms with Gasteiger partial charge in [0.15, 0.2) is 0 Å². The molecule has 0 heterocycles. The van der Waals surface area contributed by atoms with Gasteiger partial charge in [-0.15, -0.1) is 0 Å². The lowest BCUT2D eigenvalue weighted by molar-refractivity contribution is -0.123. The molecule has 0 aliphatic heterocycles. The molecule has 0 saturated heterocycles. The summed E-state index contributed by atoms with van der Waals surface area (Å²) in [6, 6.07) is 0. The van der Waals surface area contributed by atoms with Crippen LogP contribution in [0, 0.1) is 0 Å². The zero-order valence-electron chi connectivity index (χ0n) is 14.2. The number of rotatable bonds is 11. The third-order valence-corrected chi connectivity index (χ3v) is 2.18. The zero-order valence-corrected chi connectivity index (χ0v) is 14.2. The van der Waals surface area contributed by atoms with Gasteiger partial charge in [-0.05, 0) is 20.8 Å². The molecule has 0 aromatic heterocycles. The molecule has 23 heavy (non-hydrogen) atoms. The van der Waals surface area contributed by atoms with Crippen LogP contribution in [0.3, 0.4) is 0 Å². The maximum atomic E-state index is 11.4. The van der Waals surface area contributed by atoms with Crippen LogP contribution in [0.1, 0.15) is 27.2 Å². The van der Waals surface area contributed by atoms with Crippen molar-refractivity contribution in [1.29, 1.82) is 0 Å². The highest BCUT2D eigenvalue weighted by Crippen LogP contribution is 2.05. The molecule has 0 unspecified atom stereocenters. The SMILES string of the molecule is CC(C)(C)OC(=O)NNC(=O)CCOCCOCCOCCN. The molecule has 0 rings (SSSR count). The van der Waals surface area contributed by atoms with Crippen molar-refractivity contribution in [3.63, 3.8) is 0 Å². The van der Waals surface area contributed by atoms with Gasteiger partial charge in [0, 0.05) is 6.54 Å². The van der Waals surface area contributed by atoms with Crippen LogP contribution in [-0.2, 0) is 23.7 Å². The number of amides is 2. The van der Waals surface area contributed by atoms with Gasteiger partial charge in [0.05, 0.1) is 46.1 Å². The molecule has 0 spiro atoms. The first-order chi connectivity index (χ1) is 10.8. The topological polar surface area (TPSA) is 121 Å². The number of hydrogen-bond acceptors (Lipinski definition) is 7. The predicted molar refractivity (Wildman–Crippen MR) is 83.6 cm³/mol. The van der Waals surface area contributed by atoms with E-state index in [4.69, 9.17) is 24.7 Å². The lowest BCUT2D eigenvalue weighted by atomic mass is 10.2. The van der Waals surface area contributed by atoms with E-state index in [1.807, 2.05) is 0 Å². The van der Waals surface area contributed by atoms with Crippen molar-refractivity contribution in [2.75, 3.05) is 46.2 Å². The van der Waals surface area contributed by atoms with E-state index in [1.165, 1.54) is 0 Å². The second kappa shape index (κ2) is 13.1. The van der Waals surface area contributed by atoms with Crippen LogP contribution < -0.4 is 16.6 Å². The average Bonchev–Trinajstić information content (AvgIpc) is 2.45. The molecule has 4 N–H and O–H groups in total. The molecular weight excluding hydrogens is 306 g/mol. The van der Waals surface area contributed by atoms with E-state index >= 15 is 0 Å². The quantitative estimate of drug-likeness (QED) is 0.357. The zero-order chi connectivity index (χ0) is 17.6. The van der Waals surface area contributed by atoms with E-state index in [0.717, 1.165) is 0 Å². The molecule has 0 aromatic rings. The van der Waals surface area contributed by atoms with Crippen LogP contribution >= 0.6 is 0 Å². The van der Waals surface area contributed by atoms with E-state index in [2.05, 4.69) is 10.9 Å². The molecule has 0 radical (unpaired) electrons. The highest BCUT2D eigenvalue weighted by Gasteiger charge is 2.16. The van der Waals surface area contributed by atoms with Crippen LogP contribution in [0.25, 0.3) is 0 Å². The van der Waals surface area contributed by atoms with Crippen molar-refractivity contribution in [3.05, 3.63) is 0 Å². The lowest BCUT2D eigenvalue weighted by Crippen LogP contribution is -2.44. The fourth-order valence-corrected chi connectivity index (χ4v) is 1.28. The lowest BCUT2D eigenvalue weighted by Gasteiger charge is -2.19. The highest BCUT2D eigenvalue weighted by atomic mass is 16.6.